The SMILES string of the molecule is Cc1cc(-c2cc3cnc(NC(=O)C45CC(C4)C5)cc3[nH]2)ccn1. The Morgan fingerprint density at radius 3 is 2.79 bits per heavy atom. The maximum absolute atomic E-state index is 12.4. The molecule has 3 heterocycles. The predicted octanol–water partition coefficient (Wildman–Crippen LogP) is 3.67. The second-order valence-electron chi connectivity index (χ2n) is 7.24. The van der Waals surface area contributed by atoms with Gasteiger partial charge >= 0.3 is 0 Å². The van der Waals surface area contributed by atoms with Crippen LogP contribution < -0.4 is 5.32 Å². The highest BCUT2D eigenvalue weighted by atomic mass is 16.2. The van der Waals surface area contributed by atoms with Crippen LogP contribution in [-0.2, 0) is 4.79 Å². The Bertz CT molecular complexity index is 957. The fraction of sp³-hybridized carbons (Fsp3) is 0.316. The summed E-state index contributed by atoms with van der Waals surface area (Å²) in [7, 11) is 0. The third kappa shape index (κ3) is 1.97. The number of aromatic amines is 1. The van der Waals surface area contributed by atoms with Gasteiger partial charge in [-0.3, -0.25) is 9.78 Å². The zero-order valence-electron chi connectivity index (χ0n) is 13.5. The summed E-state index contributed by atoms with van der Waals surface area (Å²) < 4.78 is 0. The number of nitrogens with one attached hydrogen (secondary N) is 2. The number of hydrogen-bond donors (Lipinski definition) is 2. The summed E-state index contributed by atoms with van der Waals surface area (Å²) in [5.74, 6) is 1.55. The van der Waals surface area contributed by atoms with Crippen molar-refractivity contribution in [2.75, 3.05) is 5.32 Å². The Morgan fingerprint density at radius 2 is 2.08 bits per heavy atom. The van der Waals surface area contributed by atoms with Crippen molar-refractivity contribution in [1.82, 2.24) is 15.0 Å². The van der Waals surface area contributed by atoms with Crippen LogP contribution in [0.5, 0.6) is 0 Å². The molecule has 6 rings (SSSR count). The third-order valence-electron chi connectivity index (χ3n) is 5.47. The molecular formula is C19H18N4O. The minimum absolute atomic E-state index is 0.0865. The van der Waals surface area contributed by atoms with Gasteiger partial charge in [0.05, 0.1) is 10.9 Å². The van der Waals surface area contributed by atoms with E-state index in [-0.39, 0.29) is 11.3 Å². The molecule has 3 aliphatic rings. The maximum atomic E-state index is 12.4. The number of pyridine rings is 2. The molecule has 3 aromatic heterocycles. The average molecular weight is 318 g/mol. The van der Waals surface area contributed by atoms with Gasteiger partial charge in [-0.2, -0.15) is 0 Å². The van der Waals surface area contributed by atoms with Crippen LogP contribution in [0.1, 0.15) is 25.0 Å². The van der Waals surface area contributed by atoms with Crippen LogP contribution in [0, 0.1) is 18.3 Å². The van der Waals surface area contributed by atoms with Gasteiger partial charge in [0.25, 0.3) is 0 Å². The van der Waals surface area contributed by atoms with Gasteiger partial charge in [-0.25, -0.2) is 4.98 Å². The van der Waals surface area contributed by atoms with Crippen LogP contribution in [0.25, 0.3) is 22.2 Å². The molecule has 24 heavy (non-hydrogen) atoms. The van der Waals surface area contributed by atoms with Crippen LogP contribution in [-0.4, -0.2) is 20.9 Å². The minimum atomic E-state index is -0.0865. The summed E-state index contributed by atoms with van der Waals surface area (Å²) in [6.07, 6.45) is 6.77. The fourth-order valence-electron chi connectivity index (χ4n) is 3.97. The summed E-state index contributed by atoms with van der Waals surface area (Å²) >= 11 is 0. The number of carbonyl (C=O) groups is 1. The van der Waals surface area contributed by atoms with E-state index in [9.17, 15) is 4.79 Å². The molecule has 0 spiro atoms. The van der Waals surface area contributed by atoms with Gasteiger partial charge < -0.3 is 10.3 Å². The highest BCUT2D eigenvalue weighted by Gasteiger charge is 2.61. The van der Waals surface area contributed by atoms with Crippen molar-refractivity contribution in [3.05, 3.63) is 42.4 Å². The van der Waals surface area contributed by atoms with Crippen LogP contribution >= 0.6 is 0 Å². The normalized spacial score (nSPS) is 24.3. The van der Waals surface area contributed by atoms with Crippen molar-refractivity contribution in [1.29, 1.82) is 0 Å². The molecule has 1 amide bonds. The molecule has 2 N–H and O–H groups in total. The van der Waals surface area contributed by atoms with Crippen molar-refractivity contribution in [3.8, 4) is 11.3 Å². The first-order chi connectivity index (χ1) is 11.6. The molecule has 0 radical (unpaired) electrons. The first-order valence-electron chi connectivity index (χ1n) is 8.35. The van der Waals surface area contributed by atoms with E-state index in [1.807, 2.05) is 31.3 Å². The lowest BCUT2D eigenvalue weighted by atomic mass is 9.44. The highest BCUT2D eigenvalue weighted by molar-refractivity contribution is 5.98. The first-order valence-corrected chi connectivity index (χ1v) is 8.35. The molecule has 3 aromatic rings. The van der Waals surface area contributed by atoms with Gasteiger partial charge in [0.1, 0.15) is 5.82 Å². The van der Waals surface area contributed by atoms with E-state index in [1.165, 1.54) is 0 Å². The molecule has 0 aromatic carbocycles. The standard InChI is InChI=1S/C19H18N4O/c1-11-4-13(2-3-20-11)15-5-14-10-21-17(6-16(14)22-15)23-18(24)19-7-12(8-19)9-19/h2-6,10,12,22H,7-9H2,1H3,(H,21,23,24). The van der Waals surface area contributed by atoms with Gasteiger partial charge in [-0.15, -0.1) is 0 Å². The molecule has 3 saturated carbocycles. The molecule has 2 bridgehead atoms. The smallest absolute Gasteiger partial charge is 0.231 e. The largest absolute Gasteiger partial charge is 0.354 e. The third-order valence-corrected chi connectivity index (χ3v) is 5.47. The number of aryl methyl sites for hydroxylation is 1. The number of rotatable bonds is 3. The number of anilines is 1. The highest BCUT2D eigenvalue weighted by Crippen LogP contribution is 2.64. The van der Waals surface area contributed by atoms with Crippen LogP contribution in [0.3, 0.4) is 0 Å². The van der Waals surface area contributed by atoms with E-state index in [0.717, 1.165) is 53.0 Å². The minimum Gasteiger partial charge on any atom is -0.354 e. The second-order valence-corrected chi connectivity index (χ2v) is 7.24. The van der Waals surface area contributed by atoms with Crippen molar-refractivity contribution in [2.24, 2.45) is 11.3 Å². The van der Waals surface area contributed by atoms with Crippen LogP contribution in [0.2, 0.25) is 0 Å². The van der Waals surface area contributed by atoms with E-state index in [4.69, 9.17) is 0 Å². The average Bonchev–Trinajstić information content (AvgIpc) is 2.87. The molecule has 0 unspecified atom stereocenters. The molecular weight excluding hydrogens is 300 g/mol. The maximum Gasteiger partial charge on any atom is 0.231 e. The van der Waals surface area contributed by atoms with Gasteiger partial charge in [-0.05, 0) is 50.3 Å². The van der Waals surface area contributed by atoms with Gasteiger partial charge in [-0.1, -0.05) is 0 Å². The second kappa shape index (κ2) is 4.66. The van der Waals surface area contributed by atoms with E-state index >= 15 is 0 Å². The lowest BCUT2D eigenvalue weighted by Crippen LogP contribution is -2.58. The quantitative estimate of drug-likeness (QED) is 0.774. The number of H-pyrrole nitrogens is 1. The summed E-state index contributed by atoms with van der Waals surface area (Å²) in [6, 6.07) is 8.01. The predicted molar refractivity (Wildman–Crippen MR) is 92.5 cm³/mol. The Balaban J connectivity index is 1.44. The zero-order chi connectivity index (χ0) is 16.3. The van der Waals surface area contributed by atoms with E-state index in [1.54, 1.807) is 6.20 Å². The molecule has 3 fully saturated rings. The monoisotopic (exact) mass is 318 g/mol. The molecule has 120 valence electrons. The lowest BCUT2D eigenvalue weighted by molar-refractivity contribution is -0.158. The number of nitrogens with zero attached hydrogens (tertiary/aromatic N) is 2. The number of carbonyl (C=O) groups excluding carboxylic acids is 1. The number of amides is 1. The molecule has 5 heteroatoms. The van der Waals surface area contributed by atoms with Crippen molar-refractivity contribution >= 4 is 22.6 Å². The molecule has 0 aliphatic heterocycles. The number of fused-ring (bicyclic) bond motifs is 1. The topological polar surface area (TPSA) is 70.7 Å². The molecule has 5 nitrogen and oxygen atoms in total. The van der Waals surface area contributed by atoms with Crippen LogP contribution in [0.4, 0.5) is 5.82 Å². The summed E-state index contributed by atoms with van der Waals surface area (Å²) in [4.78, 5) is 24.4. The van der Waals surface area contributed by atoms with Gasteiger partial charge in [0.15, 0.2) is 0 Å². The zero-order valence-corrected chi connectivity index (χ0v) is 13.5. The van der Waals surface area contributed by atoms with E-state index < -0.39 is 0 Å². The van der Waals surface area contributed by atoms with Crippen molar-refractivity contribution in [2.45, 2.75) is 26.2 Å². The number of hydrogen-bond acceptors (Lipinski definition) is 3. The number of aromatic nitrogens is 3. The summed E-state index contributed by atoms with van der Waals surface area (Å²) in [5.41, 5.74) is 3.99. The van der Waals surface area contributed by atoms with Gasteiger partial charge in [0, 0.05) is 40.8 Å². The van der Waals surface area contributed by atoms with Gasteiger partial charge in [0.2, 0.25) is 5.91 Å². The summed E-state index contributed by atoms with van der Waals surface area (Å²) in [5, 5.41) is 4.02. The first kappa shape index (κ1) is 13.7. The van der Waals surface area contributed by atoms with Crippen molar-refractivity contribution in [3.63, 3.8) is 0 Å². The van der Waals surface area contributed by atoms with Crippen LogP contribution in [0.15, 0.2) is 36.7 Å². The summed E-state index contributed by atoms with van der Waals surface area (Å²) in [6.45, 7) is 1.98. The fourth-order valence-corrected chi connectivity index (χ4v) is 3.97. The Kier molecular flexibility index (Phi) is 2.66. The molecule has 0 atom stereocenters. The van der Waals surface area contributed by atoms with Crippen molar-refractivity contribution < 1.29 is 4.79 Å². The lowest BCUT2D eigenvalue weighted by Gasteiger charge is -2.59. The van der Waals surface area contributed by atoms with E-state index in [0.29, 0.717) is 5.82 Å². The Labute approximate surface area is 139 Å². The molecule has 0 saturated heterocycles. The molecule has 3 aliphatic carbocycles. The van der Waals surface area contributed by atoms with E-state index in [2.05, 4.69) is 26.3 Å². The Morgan fingerprint density at radius 1 is 1.25 bits per heavy atom. The Hall–Kier alpha value is -2.69.